The van der Waals surface area contributed by atoms with E-state index in [-0.39, 0.29) is 11.8 Å². The zero-order chi connectivity index (χ0) is 25.3. The molecule has 0 saturated heterocycles. The first-order valence-electron chi connectivity index (χ1n) is 12.0. The third-order valence-electron chi connectivity index (χ3n) is 6.29. The molecule has 0 spiro atoms. The van der Waals surface area contributed by atoms with Crippen molar-refractivity contribution in [2.45, 2.75) is 53.4 Å². The minimum atomic E-state index is -0.134. The Kier molecular flexibility index (Phi) is 6.98. The van der Waals surface area contributed by atoms with Crippen LogP contribution in [0, 0.1) is 13.8 Å². The van der Waals surface area contributed by atoms with Gasteiger partial charge >= 0.3 is 0 Å². The number of hydrogen-bond acceptors (Lipinski definition) is 5. The van der Waals surface area contributed by atoms with Crippen molar-refractivity contribution in [3.05, 3.63) is 41.3 Å². The lowest BCUT2D eigenvalue weighted by molar-refractivity contribution is -0.118. The van der Waals surface area contributed by atoms with Crippen LogP contribution in [-0.2, 0) is 4.79 Å². The zero-order valence-electron chi connectivity index (χ0n) is 21.6. The number of aliphatic imine (C=N–C) groups is 1. The fraction of sp³-hybridized carbons (Fsp3) is 0.423. The van der Waals surface area contributed by atoms with Crippen molar-refractivity contribution in [3.63, 3.8) is 0 Å². The number of aromatic nitrogens is 5. The summed E-state index contributed by atoms with van der Waals surface area (Å²) < 4.78 is 1.82. The van der Waals surface area contributed by atoms with Gasteiger partial charge in [-0.15, -0.1) is 0 Å². The van der Waals surface area contributed by atoms with Gasteiger partial charge in [-0.3, -0.25) is 4.79 Å². The largest absolute Gasteiger partial charge is 0.353 e. The van der Waals surface area contributed by atoms with E-state index in [1.165, 1.54) is 0 Å². The molecule has 0 radical (unpaired) electrons. The number of aromatic amines is 1. The summed E-state index contributed by atoms with van der Waals surface area (Å²) in [6.45, 7) is 11.2. The van der Waals surface area contributed by atoms with Crippen molar-refractivity contribution in [2.24, 2.45) is 4.99 Å². The summed E-state index contributed by atoms with van der Waals surface area (Å²) in [6.07, 6.45) is 4.61. The summed E-state index contributed by atoms with van der Waals surface area (Å²) in [7, 11) is 3.89. The number of amidine groups is 1. The van der Waals surface area contributed by atoms with E-state index in [1.807, 2.05) is 48.8 Å². The van der Waals surface area contributed by atoms with Crippen LogP contribution in [0.3, 0.4) is 0 Å². The number of amides is 1. The molecule has 4 aromatic rings. The molecule has 9 nitrogen and oxygen atoms in total. The van der Waals surface area contributed by atoms with Crippen LogP contribution in [-0.4, -0.2) is 61.8 Å². The number of hydrogen-bond donors (Lipinski definition) is 2. The molecule has 9 heteroatoms. The molecule has 1 amide bonds. The number of rotatable bonds is 7. The third-order valence-corrected chi connectivity index (χ3v) is 6.29. The highest BCUT2D eigenvalue weighted by Gasteiger charge is 2.21. The molecule has 0 aliphatic rings. The van der Waals surface area contributed by atoms with Crippen molar-refractivity contribution in [1.29, 1.82) is 0 Å². The van der Waals surface area contributed by atoms with Crippen LogP contribution in [0.5, 0.6) is 0 Å². The van der Waals surface area contributed by atoms with Crippen molar-refractivity contribution in [1.82, 2.24) is 29.5 Å². The first-order valence-corrected chi connectivity index (χ1v) is 12.0. The van der Waals surface area contributed by atoms with Crippen LogP contribution in [0.15, 0.2) is 29.6 Å². The number of fused-ring (bicyclic) bond motifs is 2. The van der Waals surface area contributed by atoms with Crippen LogP contribution in [0.4, 0.5) is 5.82 Å². The van der Waals surface area contributed by atoms with Gasteiger partial charge in [0.1, 0.15) is 18.0 Å². The quantitative estimate of drug-likeness (QED) is 0.297. The molecular formula is C26H34N8O. The summed E-state index contributed by atoms with van der Waals surface area (Å²) in [4.78, 5) is 31.4. The second-order valence-corrected chi connectivity index (χ2v) is 9.47. The van der Waals surface area contributed by atoms with Gasteiger partial charge in [0.05, 0.1) is 16.7 Å². The maximum atomic E-state index is 12.3. The first kappa shape index (κ1) is 24.5. The van der Waals surface area contributed by atoms with Crippen molar-refractivity contribution in [2.75, 3.05) is 26.0 Å². The Labute approximate surface area is 205 Å². The van der Waals surface area contributed by atoms with E-state index in [1.54, 1.807) is 6.33 Å². The number of H-pyrrole nitrogens is 1. The van der Waals surface area contributed by atoms with E-state index < -0.39 is 0 Å². The predicted octanol–water partition coefficient (Wildman–Crippen LogP) is 4.71. The van der Waals surface area contributed by atoms with E-state index in [0.717, 1.165) is 44.6 Å². The molecule has 0 aliphatic carbocycles. The fourth-order valence-corrected chi connectivity index (χ4v) is 4.25. The molecule has 35 heavy (non-hydrogen) atoms. The van der Waals surface area contributed by atoms with E-state index in [4.69, 9.17) is 4.98 Å². The third kappa shape index (κ3) is 4.95. The Morgan fingerprint density at radius 2 is 2.00 bits per heavy atom. The summed E-state index contributed by atoms with van der Waals surface area (Å²) in [5.41, 5.74) is 8.26. The van der Waals surface area contributed by atoms with Crippen LogP contribution in [0.25, 0.3) is 27.9 Å². The summed E-state index contributed by atoms with van der Waals surface area (Å²) >= 11 is 0. The number of anilines is 1. The maximum absolute atomic E-state index is 12.3. The number of pyridine rings is 2. The molecule has 0 unspecified atom stereocenters. The second kappa shape index (κ2) is 9.95. The van der Waals surface area contributed by atoms with Crippen molar-refractivity contribution >= 4 is 34.2 Å². The standard InChI is InChI=1S/C26H34N8O/c1-8-20(31-22(35)11-12-33(6)7)30-21-10-9-19-25(32-21)23(15(2)3)24(29-19)18-13-34-26(27-14-28-34)17(5)16(18)4/h9-10,13-15,29H,8,11-12H2,1-7H3,(H,30,31,32,35). The molecule has 0 aromatic carbocycles. The zero-order valence-corrected chi connectivity index (χ0v) is 21.6. The Bertz CT molecular complexity index is 1410. The van der Waals surface area contributed by atoms with Gasteiger partial charge in [0, 0.05) is 36.7 Å². The molecule has 4 heterocycles. The summed E-state index contributed by atoms with van der Waals surface area (Å²) in [5.74, 6) is 1.39. The number of nitrogens with one attached hydrogen (secondary N) is 2. The van der Waals surface area contributed by atoms with Crippen LogP contribution < -0.4 is 5.32 Å². The maximum Gasteiger partial charge on any atom is 0.248 e. The minimum Gasteiger partial charge on any atom is -0.353 e. The molecule has 0 bridgehead atoms. The molecule has 4 rings (SSSR count). The smallest absolute Gasteiger partial charge is 0.248 e. The molecule has 184 valence electrons. The van der Waals surface area contributed by atoms with Crippen molar-refractivity contribution in [3.8, 4) is 11.3 Å². The molecular weight excluding hydrogens is 440 g/mol. The van der Waals surface area contributed by atoms with Gasteiger partial charge in [-0.25, -0.2) is 19.5 Å². The average molecular weight is 475 g/mol. The topological polar surface area (TPSA) is 104 Å². The van der Waals surface area contributed by atoms with Gasteiger partial charge in [-0.1, -0.05) is 20.8 Å². The molecule has 4 aromatic heterocycles. The SMILES string of the molecule is CC/C(=N/C(=O)CCN(C)C)Nc1ccc2[nH]c(-c3cn4ncnc4c(C)c3C)c(C(C)C)c2n1. The number of aryl methyl sites for hydroxylation is 1. The molecule has 2 N–H and O–H groups in total. The average Bonchev–Trinajstić information content (AvgIpc) is 3.43. The molecule has 0 aliphatic heterocycles. The molecule has 0 saturated carbocycles. The monoisotopic (exact) mass is 474 g/mol. The fourth-order valence-electron chi connectivity index (χ4n) is 4.25. The number of nitrogens with zero attached hydrogens (tertiary/aromatic N) is 6. The minimum absolute atomic E-state index is 0.134. The van der Waals surface area contributed by atoms with E-state index in [2.05, 4.69) is 53.1 Å². The van der Waals surface area contributed by atoms with Crippen LogP contribution in [0.1, 0.15) is 56.2 Å². The Morgan fingerprint density at radius 3 is 2.69 bits per heavy atom. The van der Waals surface area contributed by atoms with Gasteiger partial charge in [-0.2, -0.15) is 5.10 Å². The Balaban J connectivity index is 1.74. The lowest BCUT2D eigenvalue weighted by Gasteiger charge is -2.13. The first-order chi connectivity index (χ1) is 16.7. The Hall–Kier alpha value is -3.59. The van der Waals surface area contributed by atoms with Gasteiger partial charge in [0.15, 0.2) is 5.65 Å². The normalized spacial score (nSPS) is 12.4. The van der Waals surface area contributed by atoms with E-state index in [0.29, 0.717) is 31.0 Å². The van der Waals surface area contributed by atoms with E-state index >= 15 is 0 Å². The summed E-state index contributed by atoms with van der Waals surface area (Å²) in [5, 5.41) is 7.62. The lowest BCUT2D eigenvalue weighted by atomic mass is 9.95. The van der Waals surface area contributed by atoms with Gasteiger partial charge in [-0.05, 0) is 57.1 Å². The molecule has 0 atom stereocenters. The predicted molar refractivity (Wildman–Crippen MR) is 141 cm³/mol. The van der Waals surface area contributed by atoms with E-state index in [9.17, 15) is 4.79 Å². The second-order valence-electron chi connectivity index (χ2n) is 9.47. The molecule has 0 fully saturated rings. The van der Waals surface area contributed by atoms with Gasteiger partial charge in [0.25, 0.3) is 0 Å². The van der Waals surface area contributed by atoms with Crippen LogP contribution in [0.2, 0.25) is 0 Å². The highest BCUT2D eigenvalue weighted by atomic mass is 16.1. The van der Waals surface area contributed by atoms with Crippen LogP contribution >= 0.6 is 0 Å². The lowest BCUT2D eigenvalue weighted by Crippen LogP contribution is -2.18. The highest BCUT2D eigenvalue weighted by molar-refractivity contribution is 6.02. The highest BCUT2D eigenvalue weighted by Crippen LogP contribution is 2.37. The van der Waals surface area contributed by atoms with Crippen molar-refractivity contribution < 1.29 is 4.79 Å². The summed E-state index contributed by atoms with van der Waals surface area (Å²) in [6, 6.07) is 3.94. The van der Waals surface area contributed by atoms with Gasteiger partial charge < -0.3 is 15.2 Å². The number of carbonyl (C=O) groups excluding carboxylic acids is 1. The Morgan fingerprint density at radius 1 is 1.23 bits per heavy atom. The number of carbonyl (C=O) groups is 1. The van der Waals surface area contributed by atoms with Gasteiger partial charge in [0.2, 0.25) is 5.91 Å².